The lowest BCUT2D eigenvalue weighted by Crippen LogP contribution is -2.37. The van der Waals surface area contributed by atoms with Gasteiger partial charge in [-0.25, -0.2) is 4.39 Å². The molecule has 1 aliphatic carbocycles. The highest BCUT2D eigenvalue weighted by Crippen LogP contribution is 2.31. The SMILES string of the molecule is CNCc1cccc(F)c1N(C)CC1CC(O)C1. The van der Waals surface area contributed by atoms with Crippen molar-refractivity contribution in [3.8, 4) is 0 Å². The van der Waals surface area contributed by atoms with Crippen LogP contribution in [0.3, 0.4) is 0 Å². The first kappa shape index (κ1) is 13.3. The molecule has 0 amide bonds. The lowest BCUT2D eigenvalue weighted by atomic mass is 9.82. The number of hydrogen-bond donors (Lipinski definition) is 2. The fourth-order valence-electron chi connectivity index (χ4n) is 2.65. The van der Waals surface area contributed by atoms with Crippen molar-refractivity contribution in [3.63, 3.8) is 0 Å². The van der Waals surface area contributed by atoms with Crippen molar-refractivity contribution < 1.29 is 9.50 Å². The van der Waals surface area contributed by atoms with Gasteiger partial charge < -0.3 is 15.3 Å². The van der Waals surface area contributed by atoms with E-state index in [1.54, 1.807) is 6.07 Å². The predicted octanol–water partition coefficient (Wildman–Crippen LogP) is 1.75. The molecular weight excluding hydrogens is 231 g/mol. The number of hydrogen-bond acceptors (Lipinski definition) is 3. The van der Waals surface area contributed by atoms with Gasteiger partial charge in [0, 0.05) is 20.1 Å². The van der Waals surface area contributed by atoms with E-state index in [0.29, 0.717) is 18.2 Å². The predicted molar refractivity (Wildman–Crippen MR) is 71.2 cm³/mol. The molecule has 1 aromatic rings. The van der Waals surface area contributed by atoms with Crippen LogP contribution in [0.5, 0.6) is 0 Å². The second-order valence-corrected chi connectivity index (χ2v) is 5.15. The van der Waals surface area contributed by atoms with Gasteiger partial charge in [-0.15, -0.1) is 0 Å². The number of para-hydroxylation sites is 1. The summed E-state index contributed by atoms with van der Waals surface area (Å²) in [5.74, 6) is 0.303. The van der Waals surface area contributed by atoms with Crippen LogP contribution in [0.1, 0.15) is 18.4 Å². The smallest absolute Gasteiger partial charge is 0.146 e. The second-order valence-electron chi connectivity index (χ2n) is 5.15. The van der Waals surface area contributed by atoms with Crippen LogP contribution in [0.15, 0.2) is 18.2 Å². The van der Waals surface area contributed by atoms with Gasteiger partial charge in [0.05, 0.1) is 11.8 Å². The van der Waals surface area contributed by atoms with Crippen LogP contribution in [0.4, 0.5) is 10.1 Å². The van der Waals surface area contributed by atoms with Crippen LogP contribution >= 0.6 is 0 Å². The summed E-state index contributed by atoms with van der Waals surface area (Å²) in [4.78, 5) is 1.97. The van der Waals surface area contributed by atoms with Gasteiger partial charge in [0.25, 0.3) is 0 Å². The largest absolute Gasteiger partial charge is 0.393 e. The van der Waals surface area contributed by atoms with Crippen molar-refractivity contribution in [1.82, 2.24) is 5.32 Å². The molecule has 0 saturated heterocycles. The second kappa shape index (κ2) is 5.67. The van der Waals surface area contributed by atoms with Crippen LogP contribution in [0.25, 0.3) is 0 Å². The first-order valence-electron chi connectivity index (χ1n) is 6.43. The van der Waals surface area contributed by atoms with E-state index < -0.39 is 0 Å². The maximum absolute atomic E-state index is 14.0. The Labute approximate surface area is 108 Å². The number of benzene rings is 1. The van der Waals surface area contributed by atoms with E-state index in [1.807, 2.05) is 25.1 Å². The van der Waals surface area contributed by atoms with Gasteiger partial charge in [0.1, 0.15) is 5.82 Å². The minimum Gasteiger partial charge on any atom is -0.393 e. The summed E-state index contributed by atoms with van der Waals surface area (Å²) in [5, 5.41) is 12.4. The van der Waals surface area contributed by atoms with Crippen LogP contribution in [-0.4, -0.2) is 31.9 Å². The van der Waals surface area contributed by atoms with Crippen molar-refractivity contribution in [2.45, 2.75) is 25.5 Å². The Bertz CT molecular complexity index is 405. The molecule has 0 bridgehead atoms. The molecule has 0 radical (unpaired) electrons. The zero-order chi connectivity index (χ0) is 13.1. The monoisotopic (exact) mass is 252 g/mol. The van der Waals surface area contributed by atoms with Gasteiger partial charge >= 0.3 is 0 Å². The van der Waals surface area contributed by atoms with Crippen LogP contribution < -0.4 is 10.2 Å². The minimum atomic E-state index is -0.176. The Morgan fingerprint density at radius 3 is 2.78 bits per heavy atom. The third kappa shape index (κ3) is 2.82. The highest BCUT2D eigenvalue weighted by atomic mass is 19.1. The van der Waals surface area contributed by atoms with Crippen molar-refractivity contribution >= 4 is 5.69 Å². The highest BCUT2D eigenvalue weighted by Gasteiger charge is 2.28. The Balaban J connectivity index is 2.10. The molecule has 0 atom stereocenters. The maximum atomic E-state index is 14.0. The fraction of sp³-hybridized carbons (Fsp3) is 0.571. The molecule has 1 aromatic carbocycles. The summed E-state index contributed by atoms with van der Waals surface area (Å²) in [5.41, 5.74) is 1.65. The molecule has 3 nitrogen and oxygen atoms in total. The van der Waals surface area contributed by atoms with Gasteiger partial charge in [-0.05, 0) is 37.4 Å². The normalized spacial score (nSPS) is 22.7. The van der Waals surface area contributed by atoms with Crippen LogP contribution in [0.2, 0.25) is 0 Å². The molecule has 0 aliphatic heterocycles. The first-order chi connectivity index (χ1) is 8.61. The first-order valence-corrected chi connectivity index (χ1v) is 6.43. The third-order valence-electron chi connectivity index (χ3n) is 3.56. The third-order valence-corrected chi connectivity index (χ3v) is 3.56. The minimum absolute atomic E-state index is 0.152. The average Bonchev–Trinajstić information content (AvgIpc) is 2.27. The van der Waals surface area contributed by atoms with E-state index in [9.17, 15) is 9.50 Å². The molecule has 0 unspecified atom stereocenters. The summed E-state index contributed by atoms with van der Waals surface area (Å²) in [6, 6.07) is 5.19. The summed E-state index contributed by atoms with van der Waals surface area (Å²) < 4.78 is 14.0. The number of halogens is 1. The Morgan fingerprint density at radius 1 is 1.44 bits per heavy atom. The molecule has 1 fully saturated rings. The fourth-order valence-corrected chi connectivity index (χ4v) is 2.65. The number of aliphatic hydroxyl groups excluding tert-OH is 1. The maximum Gasteiger partial charge on any atom is 0.146 e. The molecule has 4 heteroatoms. The number of nitrogens with zero attached hydrogens (tertiary/aromatic N) is 1. The lowest BCUT2D eigenvalue weighted by molar-refractivity contribution is 0.0464. The van der Waals surface area contributed by atoms with E-state index in [1.165, 1.54) is 6.07 Å². The van der Waals surface area contributed by atoms with Gasteiger partial charge in [-0.1, -0.05) is 12.1 Å². The van der Waals surface area contributed by atoms with E-state index >= 15 is 0 Å². The molecule has 2 rings (SSSR count). The molecule has 100 valence electrons. The van der Waals surface area contributed by atoms with Gasteiger partial charge in [0.15, 0.2) is 0 Å². The van der Waals surface area contributed by atoms with Crippen molar-refractivity contribution in [2.24, 2.45) is 5.92 Å². The number of anilines is 1. The summed E-state index contributed by atoms with van der Waals surface area (Å²) in [6.45, 7) is 1.46. The summed E-state index contributed by atoms with van der Waals surface area (Å²) in [7, 11) is 3.78. The van der Waals surface area contributed by atoms with E-state index in [-0.39, 0.29) is 11.9 Å². The van der Waals surface area contributed by atoms with Crippen molar-refractivity contribution in [3.05, 3.63) is 29.6 Å². The van der Waals surface area contributed by atoms with Crippen LogP contribution in [0, 0.1) is 11.7 Å². The molecular formula is C14H21FN2O. The molecule has 0 spiro atoms. The van der Waals surface area contributed by atoms with E-state index in [2.05, 4.69) is 5.32 Å². The Hall–Kier alpha value is -1.13. The number of aliphatic hydroxyl groups is 1. The number of nitrogens with one attached hydrogen (secondary N) is 1. The molecule has 1 aliphatic rings. The Morgan fingerprint density at radius 2 is 2.17 bits per heavy atom. The topological polar surface area (TPSA) is 35.5 Å². The number of rotatable bonds is 5. The van der Waals surface area contributed by atoms with Crippen LogP contribution in [-0.2, 0) is 6.54 Å². The summed E-state index contributed by atoms with van der Waals surface area (Å²) in [6.07, 6.45) is 1.51. The molecule has 2 N–H and O–H groups in total. The van der Waals surface area contributed by atoms with Gasteiger partial charge in [-0.3, -0.25) is 0 Å². The van der Waals surface area contributed by atoms with E-state index in [4.69, 9.17) is 0 Å². The molecule has 18 heavy (non-hydrogen) atoms. The average molecular weight is 252 g/mol. The van der Waals surface area contributed by atoms with Crippen molar-refractivity contribution in [2.75, 3.05) is 25.5 Å². The lowest BCUT2D eigenvalue weighted by Gasteiger charge is -2.35. The Kier molecular flexibility index (Phi) is 4.19. The zero-order valence-electron chi connectivity index (χ0n) is 11.0. The standard InChI is InChI=1S/C14H21FN2O/c1-16-8-11-4-3-5-13(15)14(11)17(2)9-10-6-12(18)7-10/h3-5,10,12,16,18H,6-9H2,1-2H3. The highest BCUT2D eigenvalue weighted by molar-refractivity contribution is 5.54. The zero-order valence-corrected chi connectivity index (χ0v) is 11.0. The molecule has 0 heterocycles. The summed E-state index contributed by atoms with van der Waals surface area (Å²) >= 11 is 0. The quantitative estimate of drug-likeness (QED) is 0.838. The molecule has 1 saturated carbocycles. The van der Waals surface area contributed by atoms with E-state index in [0.717, 1.165) is 24.9 Å². The van der Waals surface area contributed by atoms with Gasteiger partial charge in [0.2, 0.25) is 0 Å². The van der Waals surface area contributed by atoms with Gasteiger partial charge in [-0.2, -0.15) is 0 Å². The van der Waals surface area contributed by atoms with Crippen molar-refractivity contribution in [1.29, 1.82) is 0 Å². The molecule has 0 aromatic heterocycles.